The van der Waals surface area contributed by atoms with Crippen molar-refractivity contribution < 1.29 is 14.5 Å². The molecular formula is C14H19N3O4. The molecule has 7 heteroatoms. The van der Waals surface area contributed by atoms with E-state index in [-0.39, 0.29) is 30.0 Å². The number of para-hydroxylation sites is 2. The zero-order valence-electron chi connectivity index (χ0n) is 11.9. The fraction of sp³-hybridized carbons (Fsp3) is 0.500. The van der Waals surface area contributed by atoms with Crippen LogP contribution in [-0.2, 0) is 4.79 Å². The van der Waals surface area contributed by atoms with Gasteiger partial charge < -0.3 is 15.0 Å². The topological polar surface area (TPSA) is 84.7 Å². The maximum Gasteiger partial charge on any atom is 0.310 e. The first-order valence-corrected chi connectivity index (χ1v) is 7.00. The van der Waals surface area contributed by atoms with Gasteiger partial charge in [0.2, 0.25) is 0 Å². The fourth-order valence-electron chi connectivity index (χ4n) is 2.50. The minimum Gasteiger partial charge on any atom is -0.477 e. The molecule has 1 unspecified atom stereocenters. The van der Waals surface area contributed by atoms with Gasteiger partial charge in [0, 0.05) is 25.2 Å². The highest BCUT2D eigenvalue weighted by atomic mass is 16.6. The van der Waals surface area contributed by atoms with E-state index >= 15 is 0 Å². The summed E-state index contributed by atoms with van der Waals surface area (Å²) in [6, 6.07) is 6.24. The predicted octanol–water partition coefficient (Wildman–Crippen LogP) is 1.18. The third-order valence-corrected chi connectivity index (χ3v) is 3.55. The van der Waals surface area contributed by atoms with Crippen LogP contribution in [-0.4, -0.2) is 48.0 Å². The molecule has 1 aromatic carbocycles. The van der Waals surface area contributed by atoms with Crippen molar-refractivity contribution in [1.29, 1.82) is 0 Å². The van der Waals surface area contributed by atoms with Gasteiger partial charge in [-0.3, -0.25) is 14.9 Å². The highest BCUT2D eigenvalue weighted by molar-refractivity contribution is 5.78. The molecule has 7 nitrogen and oxygen atoms in total. The van der Waals surface area contributed by atoms with Crippen LogP contribution >= 0.6 is 0 Å². The molecule has 0 aromatic heterocycles. The molecule has 0 radical (unpaired) electrons. The summed E-state index contributed by atoms with van der Waals surface area (Å²) in [4.78, 5) is 24.3. The van der Waals surface area contributed by atoms with Gasteiger partial charge in [-0.05, 0) is 26.0 Å². The van der Waals surface area contributed by atoms with Gasteiger partial charge in [-0.15, -0.1) is 0 Å². The van der Waals surface area contributed by atoms with E-state index in [4.69, 9.17) is 4.74 Å². The lowest BCUT2D eigenvalue weighted by Gasteiger charge is -2.27. The molecule has 0 aliphatic carbocycles. The number of nitro groups is 1. The standard InChI is InChI=1S/C14H19N3O4/c1-2-16(11-7-8-15-9-11)14(18)10-21-13-6-4-3-5-12(13)17(19)20/h3-6,11,15H,2,7-10H2,1H3. The number of benzene rings is 1. The quantitative estimate of drug-likeness (QED) is 0.629. The molecule has 0 bridgehead atoms. The maximum atomic E-state index is 12.2. The third kappa shape index (κ3) is 3.69. The fourth-order valence-corrected chi connectivity index (χ4v) is 2.50. The predicted molar refractivity (Wildman–Crippen MR) is 77.3 cm³/mol. The van der Waals surface area contributed by atoms with Crippen LogP contribution in [0.3, 0.4) is 0 Å². The monoisotopic (exact) mass is 293 g/mol. The van der Waals surface area contributed by atoms with E-state index in [0.717, 1.165) is 19.5 Å². The number of likely N-dealkylation sites (N-methyl/N-ethyl adjacent to an activating group) is 1. The molecule has 1 aromatic rings. The minimum atomic E-state index is -0.516. The molecular weight excluding hydrogens is 274 g/mol. The number of nitrogens with zero attached hydrogens (tertiary/aromatic N) is 2. The first-order valence-electron chi connectivity index (χ1n) is 7.00. The lowest BCUT2D eigenvalue weighted by Crippen LogP contribution is -2.43. The molecule has 1 amide bonds. The van der Waals surface area contributed by atoms with E-state index in [1.165, 1.54) is 12.1 Å². The summed E-state index contributed by atoms with van der Waals surface area (Å²) in [5.74, 6) is -0.0270. The Kier molecular flexibility index (Phi) is 5.10. The first-order chi connectivity index (χ1) is 10.1. The highest BCUT2D eigenvalue weighted by Gasteiger charge is 2.26. The number of nitro benzene ring substituents is 1. The molecule has 0 spiro atoms. The summed E-state index contributed by atoms with van der Waals surface area (Å²) in [6.45, 7) is 4.02. The molecule has 0 saturated carbocycles. The Labute approximate surface area is 123 Å². The first kappa shape index (κ1) is 15.2. The summed E-state index contributed by atoms with van der Waals surface area (Å²) in [5.41, 5.74) is -0.129. The van der Waals surface area contributed by atoms with Gasteiger partial charge in [0.05, 0.1) is 4.92 Å². The molecule has 1 fully saturated rings. The molecule has 1 N–H and O–H groups in total. The molecule has 114 valence electrons. The van der Waals surface area contributed by atoms with E-state index in [1.807, 2.05) is 6.92 Å². The van der Waals surface area contributed by atoms with Crippen LogP contribution in [0.2, 0.25) is 0 Å². The Hall–Kier alpha value is -2.15. The van der Waals surface area contributed by atoms with Crippen LogP contribution in [0.1, 0.15) is 13.3 Å². The van der Waals surface area contributed by atoms with Crippen molar-refractivity contribution in [3.8, 4) is 5.75 Å². The zero-order valence-corrected chi connectivity index (χ0v) is 11.9. The van der Waals surface area contributed by atoms with Crippen LogP contribution < -0.4 is 10.1 Å². The molecule has 1 aliphatic heterocycles. The van der Waals surface area contributed by atoms with Gasteiger partial charge in [0.1, 0.15) is 0 Å². The second-order valence-corrected chi connectivity index (χ2v) is 4.84. The molecule has 2 rings (SSSR count). The van der Waals surface area contributed by atoms with E-state index in [9.17, 15) is 14.9 Å². The van der Waals surface area contributed by atoms with Crippen molar-refractivity contribution in [2.75, 3.05) is 26.2 Å². The molecule has 1 heterocycles. The van der Waals surface area contributed by atoms with Gasteiger partial charge in [-0.2, -0.15) is 0 Å². The van der Waals surface area contributed by atoms with Gasteiger partial charge in [0.25, 0.3) is 5.91 Å². The van der Waals surface area contributed by atoms with Crippen molar-refractivity contribution in [3.63, 3.8) is 0 Å². The summed E-state index contributed by atoms with van der Waals surface area (Å²) < 4.78 is 5.35. The number of amides is 1. The Bertz CT molecular complexity index is 515. The largest absolute Gasteiger partial charge is 0.477 e. The van der Waals surface area contributed by atoms with E-state index in [2.05, 4.69) is 5.32 Å². The van der Waals surface area contributed by atoms with E-state index < -0.39 is 4.92 Å². The number of ether oxygens (including phenoxy) is 1. The smallest absolute Gasteiger partial charge is 0.310 e. The molecule has 21 heavy (non-hydrogen) atoms. The summed E-state index contributed by atoms with van der Waals surface area (Å²) in [6.07, 6.45) is 0.922. The lowest BCUT2D eigenvalue weighted by molar-refractivity contribution is -0.385. The Morgan fingerprint density at radius 1 is 1.52 bits per heavy atom. The normalized spacial score (nSPS) is 17.5. The van der Waals surface area contributed by atoms with Gasteiger partial charge in [-0.25, -0.2) is 0 Å². The van der Waals surface area contributed by atoms with Crippen LogP contribution in [0.25, 0.3) is 0 Å². The Morgan fingerprint density at radius 2 is 2.29 bits per heavy atom. The number of hydrogen-bond donors (Lipinski definition) is 1. The minimum absolute atomic E-state index is 0.122. The van der Waals surface area contributed by atoms with Gasteiger partial charge >= 0.3 is 5.69 Å². The highest BCUT2D eigenvalue weighted by Crippen LogP contribution is 2.25. The van der Waals surface area contributed by atoms with Crippen molar-refractivity contribution in [2.45, 2.75) is 19.4 Å². The van der Waals surface area contributed by atoms with E-state index in [1.54, 1.807) is 17.0 Å². The van der Waals surface area contributed by atoms with Crippen LogP contribution in [0, 0.1) is 10.1 Å². The number of carbonyl (C=O) groups is 1. The molecule has 1 atom stereocenters. The average molecular weight is 293 g/mol. The maximum absolute atomic E-state index is 12.2. The Balaban J connectivity index is 1.98. The van der Waals surface area contributed by atoms with Crippen molar-refractivity contribution in [3.05, 3.63) is 34.4 Å². The summed E-state index contributed by atoms with van der Waals surface area (Å²) >= 11 is 0. The van der Waals surface area contributed by atoms with Gasteiger partial charge in [0.15, 0.2) is 12.4 Å². The summed E-state index contributed by atoms with van der Waals surface area (Å²) in [7, 11) is 0. The second-order valence-electron chi connectivity index (χ2n) is 4.84. The number of rotatable bonds is 6. The number of nitrogens with one attached hydrogen (secondary N) is 1. The third-order valence-electron chi connectivity index (χ3n) is 3.55. The van der Waals surface area contributed by atoms with E-state index in [0.29, 0.717) is 6.54 Å². The molecule has 1 aliphatic rings. The van der Waals surface area contributed by atoms with Crippen molar-refractivity contribution >= 4 is 11.6 Å². The van der Waals surface area contributed by atoms with Crippen LogP contribution in [0.5, 0.6) is 5.75 Å². The number of carbonyl (C=O) groups excluding carboxylic acids is 1. The van der Waals surface area contributed by atoms with Crippen LogP contribution in [0.15, 0.2) is 24.3 Å². The van der Waals surface area contributed by atoms with Gasteiger partial charge in [-0.1, -0.05) is 12.1 Å². The second kappa shape index (κ2) is 7.03. The zero-order chi connectivity index (χ0) is 15.2. The van der Waals surface area contributed by atoms with Crippen LogP contribution in [0.4, 0.5) is 5.69 Å². The lowest BCUT2D eigenvalue weighted by atomic mass is 10.2. The Morgan fingerprint density at radius 3 is 2.90 bits per heavy atom. The average Bonchev–Trinajstić information content (AvgIpc) is 3.00. The van der Waals surface area contributed by atoms with Crippen molar-refractivity contribution in [2.24, 2.45) is 0 Å². The van der Waals surface area contributed by atoms with Crippen molar-refractivity contribution in [1.82, 2.24) is 10.2 Å². The molecule has 1 saturated heterocycles. The summed E-state index contributed by atoms with van der Waals surface area (Å²) in [5, 5.41) is 14.1. The number of hydrogen-bond acceptors (Lipinski definition) is 5. The SMILES string of the molecule is CCN(C(=O)COc1ccccc1[N+](=O)[O-])C1CCNC1.